The van der Waals surface area contributed by atoms with E-state index in [1.54, 1.807) is 0 Å². The van der Waals surface area contributed by atoms with Crippen LogP contribution in [0.2, 0.25) is 0 Å². The van der Waals surface area contributed by atoms with Crippen LogP contribution in [-0.4, -0.2) is 40.5 Å². The first-order chi connectivity index (χ1) is 6.86. The summed E-state index contributed by atoms with van der Waals surface area (Å²) in [5.41, 5.74) is -0.342. The van der Waals surface area contributed by atoms with Crippen LogP contribution in [-0.2, 0) is 0 Å². The third kappa shape index (κ3) is 1.74. The van der Waals surface area contributed by atoms with Gasteiger partial charge in [0, 0.05) is 20.2 Å². The molecule has 0 heterocycles. The van der Waals surface area contributed by atoms with Gasteiger partial charge in [-0.1, -0.05) is 0 Å². The summed E-state index contributed by atoms with van der Waals surface area (Å²) in [7, 11) is 3.02. The van der Waals surface area contributed by atoms with E-state index in [0.29, 0.717) is 0 Å². The van der Waals surface area contributed by atoms with E-state index in [-0.39, 0.29) is 11.3 Å². The number of hydrogen-bond acceptors (Lipinski definition) is 5. The van der Waals surface area contributed by atoms with Crippen molar-refractivity contribution in [1.29, 1.82) is 0 Å². The second-order valence-electron chi connectivity index (χ2n) is 3.19. The number of aromatic carboxylic acids is 1. The minimum absolute atomic E-state index is 0.0576. The van der Waals surface area contributed by atoms with Crippen molar-refractivity contribution >= 4 is 11.7 Å². The average molecular weight is 213 g/mol. The molecule has 1 rings (SSSR count). The van der Waals surface area contributed by atoms with E-state index in [4.69, 9.17) is 10.2 Å². The monoisotopic (exact) mass is 213 g/mol. The van der Waals surface area contributed by atoms with Gasteiger partial charge in [-0.3, -0.25) is 0 Å². The summed E-state index contributed by atoms with van der Waals surface area (Å²) in [4.78, 5) is 12.1. The van der Waals surface area contributed by atoms with Gasteiger partial charge in [0.2, 0.25) is 5.75 Å². The molecule has 82 valence electrons. The maximum atomic E-state index is 10.8. The van der Waals surface area contributed by atoms with Crippen molar-refractivity contribution in [3.63, 3.8) is 0 Å². The molecule has 0 aliphatic heterocycles. The molecule has 0 radical (unpaired) electrons. The van der Waals surface area contributed by atoms with Crippen LogP contribution >= 0.6 is 0 Å². The highest BCUT2D eigenvalue weighted by molar-refractivity contribution is 5.97. The molecule has 0 aromatic heterocycles. The average Bonchev–Trinajstić information content (AvgIpc) is 2.12. The molecule has 6 nitrogen and oxygen atoms in total. The first-order valence-electron chi connectivity index (χ1n) is 4.04. The number of phenolic OH excluding ortho intramolecular Hbond substituents is 3. The molecule has 0 saturated heterocycles. The number of benzene rings is 1. The molecule has 0 spiro atoms. The van der Waals surface area contributed by atoms with Crippen molar-refractivity contribution in [2.75, 3.05) is 19.0 Å². The predicted molar refractivity (Wildman–Crippen MR) is 52.7 cm³/mol. The highest BCUT2D eigenvalue weighted by Crippen LogP contribution is 2.44. The highest BCUT2D eigenvalue weighted by Gasteiger charge is 2.22. The zero-order chi connectivity index (χ0) is 11.7. The van der Waals surface area contributed by atoms with Gasteiger partial charge in [0.1, 0.15) is 0 Å². The summed E-state index contributed by atoms with van der Waals surface area (Å²) in [6.45, 7) is 0. The van der Waals surface area contributed by atoms with Gasteiger partial charge >= 0.3 is 5.97 Å². The van der Waals surface area contributed by atoms with E-state index in [1.165, 1.54) is 19.0 Å². The molecular formula is C9H11NO5. The molecule has 4 N–H and O–H groups in total. The maximum absolute atomic E-state index is 10.8. The first kappa shape index (κ1) is 11.0. The van der Waals surface area contributed by atoms with Crippen LogP contribution in [0.3, 0.4) is 0 Å². The van der Waals surface area contributed by atoms with Crippen LogP contribution < -0.4 is 4.90 Å². The fourth-order valence-electron chi connectivity index (χ4n) is 1.25. The number of aromatic hydroxyl groups is 3. The quantitative estimate of drug-likeness (QED) is 0.536. The Balaban J connectivity index is 3.58. The molecule has 0 bridgehead atoms. The van der Waals surface area contributed by atoms with Gasteiger partial charge in [0.15, 0.2) is 11.5 Å². The Hall–Kier alpha value is -2.11. The van der Waals surface area contributed by atoms with Crippen molar-refractivity contribution in [1.82, 2.24) is 0 Å². The normalized spacial score (nSPS) is 10.0. The second-order valence-corrected chi connectivity index (χ2v) is 3.19. The minimum atomic E-state index is -1.30. The lowest BCUT2D eigenvalue weighted by atomic mass is 10.1. The molecule has 0 aliphatic carbocycles. The summed E-state index contributed by atoms with van der Waals surface area (Å²) >= 11 is 0. The van der Waals surface area contributed by atoms with Gasteiger partial charge in [-0.2, -0.15) is 0 Å². The van der Waals surface area contributed by atoms with E-state index in [0.717, 1.165) is 6.07 Å². The largest absolute Gasteiger partial charge is 0.504 e. The molecule has 0 saturated carbocycles. The van der Waals surface area contributed by atoms with Crippen molar-refractivity contribution < 1.29 is 25.2 Å². The fraction of sp³-hybridized carbons (Fsp3) is 0.222. The van der Waals surface area contributed by atoms with Crippen LogP contribution in [0.15, 0.2) is 6.07 Å². The van der Waals surface area contributed by atoms with Crippen molar-refractivity contribution in [3.8, 4) is 17.2 Å². The lowest BCUT2D eigenvalue weighted by molar-refractivity contribution is 0.0696. The molecular weight excluding hydrogens is 202 g/mol. The smallest absolute Gasteiger partial charge is 0.338 e. The lowest BCUT2D eigenvalue weighted by Gasteiger charge is -2.18. The second kappa shape index (κ2) is 3.56. The predicted octanol–water partition coefficient (Wildman–Crippen LogP) is 0.568. The van der Waals surface area contributed by atoms with Gasteiger partial charge in [-0.05, 0) is 0 Å². The number of phenols is 3. The minimum Gasteiger partial charge on any atom is -0.504 e. The Morgan fingerprint density at radius 1 is 1.20 bits per heavy atom. The van der Waals surface area contributed by atoms with E-state index in [9.17, 15) is 15.0 Å². The Morgan fingerprint density at radius 3 is 2.13 bits per heavy atom. The van der Waals surface area contributed by atoms with E-state index >= 15 is 0 Å². The maximum Gasteiger partial charge on any atom is 0.338 e. The Morgan fingerprint density at radius 2 is 1.73 bits per heavy atom. The van der Waals surface area contributed by atoms with Crippen LogP contribution in [0, 0.1) is 0 Å². The standard InChI is InChI=1S/C9H11NO5/c1-10(2)6-4(9(14)15)3-5(11)7(12)8(6)13/h3,11-13H,1-2H3,(H,14,15). The Bertz CT molecular complexity index is 413. The molecule has 0 amide bonds. The van der Waals surface area contributed by atoms with Crippen molar-refractivity contribution in [2.24, 2.45) is 0 Å². The SMILES string of the molecule is CN(C)c1c(C(=O)O)cc(O)c(O)c1O. The number of carboxylic acid groups (broad SMARTS) is 1. The van der Waals surface area contributed by atoms with Gasteiger partial charge in [-0.25, -0.2) is 4.79 Å². The van der Waals surface area contributed by atoms with E-state index < -0.39 is 23.2 Å². The molecule has 1 aromatic carbocycles. The van der Waals surface area contributed by atoms with Crippen LogP contribution in [0.4, 0.5) is 5.69 Å². The fourth-order valence-corrected chi connectivity index (χ4v) is 1.25. The highest BCUT2D eigenvalue weighted by atomic mass is 16.4. The number of carboxylic acids is 1. The molecule has 0 fully saturated rings. The third-order valence-corrected chi connectivity index (χ3v) is 1.91. The van der Waals surface area contributed by atoms with Crippen molar-refractivity contribution in [2.45, 2.75) is 0 Å². The van der Waals surface area contributed by atoms with Crippen molar-refractivity contribution in [3.05, 3.63) is 11.6 Å². The summed E-state index contributed by atoms with van der Waals surface area (Å²) in [6.07, 6.45) is 0. The zero-order valence-electron chi connectivity index (χ0n) is 8.22. The first-order valence-corrected chi connectivity index (χ1v) is 4.04. The molecule has 0 aliphatic rings. The van der Waals surface area contributed by atoms with E-state index in [2.05, 4.69) is 0 Å². The summed E-state index contributed by atoms with van der Waals surface area (Å²) < 4.78 is 0. The van der Waals surface area contributed by atoms with Gasteiger partial charge < -0.3 is 25.3 Å². The van der Waals surface area contributed by atoms with Gasteiger partial charge in [0.05, 0.1) is 11.3 Å². The number of nitrogens with zero attached hydrogens (tertiary/aromatic N) is 1. The Labute approximate surface area is 85.6 Å². The number of hydrogen-bond donors (Lipinski definition) is 4. The third-order valence-electron chi connectivity index (χ3n) is 1.91. The Kier molecular flexibility index (Phi) is 2.61. The summed E-state index contributed by atoms with van der Waals surface area (Å²) in [5, 5.41) is 36.7. The van der Waals surface area contributed by atoms with E-state index in [1.807, 2.05) is 0 Å². The molecule has 0 unspecified atom stereocenters. The van der Waals surface area contributed by atoms with Crippen LogP contribution in [0.5, 0.6) is 17.2 Å². The summed E-state index contributed by atoms with van der Waals surface area (Å²) in [5.74, 6) is -3.36. The number of rotatable bonds is 2. The summed E-state index contributed by atoms with van der Waals surface area (Å²) in [6, 6.07) is 0.882. The van der Waals surface area contributed by atoms with Gasteiger partial charge in [-0.15, -0.1) is 0 Å². The molecule has 1 aromatic rings. The molecule has 15 heavy (non-hydrogen) atoms. The zero-order valence-corrected chi connectivity index (χ0v) is 8.22. The van der Waals surface area contributed by atoms with Gasteiger partial charge in [0.25, 0.3) is 0 Å². The number of anilines is 1. The van der Waals surface area contributed by atoms with Crippen LogP contribution in [0.25, 0.3) is 0 Å². The molecule has 0 atom stereocenters. The lowest BCUT2D eigenvalue weighted by Crippen LogP contribution is -2.14. The number of carbonyl (C=O) groups is 1. The molecule has 6 heteroatoms. The topological polar surface area (TPSA) is 101 Å². The van der Waals surface area contributed by atoms with Crippen LogP contribution in [0.1, 0.15) is 10.4 Å².